The first kappa shape index (κ1) is 22.6. The van der Waals surface area contributed by atoms with Gasteiger partial charge in [0.25, 0.3) is 0 Å². The number of hydrogen-bond acceptors (Lipinski definition) is 5. The van der Waals surface area contributed by atoms with Crippen LogP contribution in [0.15, 0.2) is 11.6 Å². The average Bonchev–Trinajstić information content (AvgIpc) is 3.50. The Morgan fingerprint density at radius 3 is 2.48 bits per heavy atom. The molecular weight excluding hydrogens is 416 g/mol. The molecule has 2 saturated heterocycles. The molecule has 5 fully saturated rings. The van der Waals surface area contributed by atoms with Crippen LogP contribution in [0, 0.1) is 40.4 Å². The monoisotopic (exact) mass is 456 g/mol. The number of aliphatic hydroxyl groups is 1. The van der Waals surface area contributed by atoms with Crippen LogP contribution in [-0.4, -0.2) is 48.7 Å². The van der Waals surface area contributed by atoms with Gasteiger partial charge in [-0.05, 0) is 49.4 Å². The van der Waals surface area contributed by atoms with Gasteiger partial charge in [0.1, 0.15) is 5.60 Å². The molecular formula is C28H40O5. The van der Waals surface area contributed by atoms with Gasteiger partial charge in [-0.2, -0.15) is 0 Å². The molecule has 0 amide bonds. The van der Waals surface area contributed by atoms with Crippen molar-refractivity contribution >= 4 is 0 Å². The third-order valence-electron chi connectivity index (χ3n) is 10.4. The topological polar surface area (TPSA) is 57.2 Å². The van der Waals surface area contributed by atoms with E-state index in [1.165, 1.54) is 5.57 Å². The number of rotatable bonds is 1. The highest BCUT2D eigenvalue weighted by Crippen LogP contribution is 2.71. The maximum atomic E-state index is 12.5. The molecule has 0 aromatic carbocycles. The second-order valence-electron chi connectivity index (χ2n) is 12.0. The highest BCUT2D eigenvalue weighted by Gasteiger charge is 2.72. The van der Waals surface area contributed by atoms with E-state index in [0.29, 0.717) is 44.7 Å². The Kier molecular flexibility index (Phi) is 5.16. The van der Waals surface area contributed by atoms with Crippen LogP contribution >= 0.6 is 0 Å². The predicted molar refractivity (Wildman–Crippen MR) is 124 cm³/mol. The van der Waals surface area contributed by atoms with Crippen molar-refractivity contribution in [2.24, 2.45) is 28.6 Å². The van der Waals surface area contributed by atoms with Crippen molar-refractivity contribution in [3.63, 3.8) is 0 Å². The van der Waals surface area contributed by atoms with Gasteiger partial charge in [-0.15, -0.1) is 5.92 Å². The van der Waals surface area contributed by atoms with E-state index < -0.39 is 17.2 Å². The number of hydrogen-bond donors (Lipinski definition) is 1. The van der Waals surface area contributed by atoms with E-state index >= 15 is 0 Å². The lowest BCUT2D eigenvalue weighted by molar-refractivity contribution is -0.268. The Hall–Kier alpha value is -0.900. The molecule has 3 saturated carbocycles. The molecule has 0 bridgehead atoms. The molecule has 6 atom stereocenters. The predicted octanol–water partition coefficient (Wildman–Crippen LogP) is 4.58. The molecule has 0 aromatic heterocycles. The normalized spacial score (nSPS) is 46.9. The van der Waals surface area contributed by atoms with Crippen LogP contribution < -0.4 is 0 Å². The van der Waals surface area contributed by atoms with Crippen molar-refractivity contribution in [3.8, 4) is 11.8 Å². The maximum absolute atomic E-state index is 12.5. The molecule has 5 heteroatoms. The molecule has 0 unspecified atom stereocenters. The fraction of sp³-hybridized carbons (Fsp3) is 0.857. The molecule has 1 N–H and O–H groups in total. The van der Waals surface area contributed by atoms with Gasteiger partial charge in [-0.3, -0.25) is 0 Å². The van der Waals surface area contributed by atoms with Crippen LogP contribution in [0.3, 0.4) is 0 Å². The van der Waals surface area contributed by atoms with E-state index in [1.54, 1.807) is 0 Å². The molecule has 6 rings (SSSR count). The molecule has 33 heavy (non-hydrogen) atoms. The molecule has 5 nitrogen and oxygen atoms in total. The Morgan fingerprint density at radius 2 is 1.76 bits per heavy atom. The summed E-state index contributed by atoms with van der Waals surface area (Å²) in [7, 11) is 0. The number of unbranched alkanes of at least 4 members (excludes halogenated alkanes) is 1. The van der Waals surface area contributed by atoms with Crippen LogP contribution in [-0.2, 0) is 18.9 Å². The van der Waals surface area contributed by atoms with Crippen molar-refractivity contribution in [2.75, 3.05) is 26.4 Å². The highest BCUT2D eigenvalue weighted by molar-refractivity contribution is 5.34. The van der Waals surface area contributed by atoms with Gasteiger partial charge >= 0.3 is 0 Å². The molecule has 0 radical (unpaired) electrons. The minimum atomic E-state index is -1.05. The van der Waals surface area contributed by atoms with Gasteiger partial charge in [-0.25, -0.2) is 0 Å². The lowest BCUT2D eigenvalue weighted by Crippen LogP contribution is -2.65. The molecule has 4 aliphatic carbocycles. The zero-order valence-electron chi connectivity index (χ0n) is 20.6. The Labute approximate surface area is 198 Å². The van der Waals surface area contributed by atoms with E-state index in [2.05, 4.69) is 38.7 Å². The summed E-state index contributed by atoms with van der Waals surface area (Å²) in [6, 6.07) is 0. The van der Waals surface area contributed by atoms with E-state index in [9.17, 15) is 5.11 Å². The molecule has 0 aromatic rings. The van der Waals surface area contributed by atoms with Gasteiger partial charge in [0.2, 0.25) is 0 Å². The number of fused-ring (bicyclic) bond motifs is 6. The minimum Gasteiger partial charge on any atom is -0.377 e. The summed E-state index contributed by atoms with van der Waals surface area (Å²) in [4.78, 5) is 0. The SMILES string of the molecule is CCCC#C[C@]1(O)C[C@@]2(C)[C@@H](CCC23OCCO3)[C@@H]2CC=C3CC4(CC[C@]3(C)[C@H]21)OCCO4. The van der Waals surface area contributed by atoms with Gasteiger partial charge < -0.3 is 24.1 Å². The van der Waals surface area contributed by atoms with Gasteiger partial charge in [0.05, 0.1) is 26.4 Å². The van der Waals surface area contributed by atoms with Crippen LogP contribution in [0.2, 0.25) is 0 Å². The summed E-state index contributed by atoms with van der Waals surface area (Å²) in [6.45, 7) is 9.53. The first-order valence-electron chi connectivity index (χ1n) is 13.3. The highest BCUT2D eigenvalue weighted by atomic mass is 16.7. The molecule has 6 aliphatic rings. The van der Waals surface area contributed by atoms with E-state index in [4.69, 9.17) is 18.9 Å². The van der Waals surface area contributed by atoms with Crippen molar-refractivity contribution in [1.29, 1.82) is 0 Å². The minimum absolute atomic E-state index is 0.0897. The van der Waals surface area contributed by atoms with Crippen LogP contribution in [0.1, 0.15) is 78.6 Å². The van der Waals surface area contributed by atoms with Crippen molar-refractivity contribution in [3.05, 3.63) is 11.6 Å². The fourth-order valence-corrected chi connectivity index (χ4v) is 9.01. The zero-order chi connectivity index (χ0) is 23.0. The third kappa shape index (κ3) is 3.04. The van der Waals surface area contributed by atoms with Crippen molar-refractivity contribution < 1.29 is 24.1 Å². The molecule has 2 heterocycles. The second kappa shape index (κ2) is 7.55. The lowest BCUT2D eigenvalue weighted by Gasteiger charge is -2.63. The van der Waals surface area contributed by atoms with Crippen LogP contribution in [0.5, 0.6) is 0 Å². The van der Waals surface area contributed by atoms with Gasteiger partial charge in [0, 0.05) is 37.0 Å². The van der Waals surface area contributed by atoms with Crippen LogP contribution in [0.25, 0.3) is 0 Å². The Bertz CT molecular complexity index is 888. The first-order chi connectivity index (χ1) is 15.8. The quantitative estimate of drug-likeness (QED) is 0.462. The number of allylic oxidation sites excluding steroid dienone is 1. The second-order valence-corrected chi connectivity index (χ2v) is 12.0. The summed E-state index contributed by atoms with van der Waals surface area (Å²) in [5, 5.41) is 12.5. The standard InChI is InChI=1S/C28H40O5/c1-4-5-6-10-26(29)19-25(3)22(9-11-28(25)32-16-17-33-28)21-8-7-20-18-27(30-14-15-31-27)13-12-24(20,2)23(21)26/h7,21-23,29H,4-5,8-9,11-19H2,1-3H3/t21-,22-,23-,24-,25-,26-/m0/s1. The first-order valence-corrected chi connectivity index (χ1v) is 13.3. The summed E-state index contributed by atoms with van der Waals surface area (Å²) >= 11 is 0. The van der Waals surface area contributed by atoms with Crippen molar-refractivity contribution in [1.82, 2.24) is 0 Å². The van der Waals surface area contributed by atoms with Gasteiger partial charge in [0.15, 0.2) is 11.6 Å². The number of ether oxygens (including phenoxy) is 4. The Morgan fingerprint density at radius 1 is 1.03 bits per heavy atom. The lowest BCUT2D eigenvalue weighted by atomic mass is 9.43. The molecule has 2 aliphatic heterocycles. The summed E-state index contributed by atoms with van der Waals surface area (Å²) in [5.41, 5.74) is 0.0501. The average molecular weight is 457 g/mol. The smallest absolute Gasteiger partial charge is 0.174 e. The van der Waals surface area contributed by atoms with Crippen LogP contribution in [0.4, 0.5) is 0 Å². The van der Waals surface area contributed by atoms with Gasteiger partial charge in [-0.1, -0.05) is 38.3 Å². The van der Waals surface area contributed by atoms with E-state index in [0.717, 1.165) is 51.4 Å². The molecule has 182 valence electrons. The maximum Gasteiger partial charge on any atom is 0.174 e. The largest absolute Gasteiger partial charge is 0.377 e. The van der Waals surface area contributed by atoms with E-state index in [-0.39, 0.29) is 16.7 Å². The van der Waals surface area contributed by atoms with E-state index in [1.807, 2.05) is 0 Å². The molecule has 2 spiro atoms. The summed E-state index contributed by atoms with van der Waals surface area (Å²) in [6.07, 6.45) is 10.6. The Balaban J connectivity index is 1.43. The summed E-state index contributed by atoms with van der Waals surface area (Å²) < 4.78 is 24.9. The zero-order valence-corrected chi connectivity index (χ0v) is 20.6. The third-order valence-corrected chi connectivity index (χ3v) is 10.4. The summed E-state index contributed by atoms with van der Waals surface area (Å²) in [5.74, 6) is 6.79. The fourth-order valence-electron chi connectivity index (χ4n) is 9.01. The van der Waals surface area contributed by atoms with Crippen molar-refractivity contribution in [2.45, 2.75) is 95.7 Å².